The quantitative estimate of drug-likeness (QED) is 0.300. The van der Waals surface area contributed by atoms with E-state index < -0.39 is 29.3 Å². The van der Waals surface area contributed by atoms with Crippen LogP contribution in [-0.2, 0) is 16.0 Å². The van der Waals surface area contributed by atoms with Gasteiger partial charge in [0.2, 0.25) is 0 Å². The molecule has 1 N–H and O–H groups in total. The van der Waals surface area contributed by atoms with Gasteiger partial charge in [-0.2, -0.15) is 0 Å². The molecule has 1 aliphatic rings. The van der Waals surface area contributed by atoms with Crippen molar-refractivity contribution in [2.24, 2.45) is 5.41 Å². The highest BCUT2D eigenvalue weighted by atomic mass is 19.2. The molecule has 1 atom stereocenters. The molecule has 3 aromatic rings. The number of pyridine rings is 2. The highest BCUT2D eigenvalue weighted by Crippen LogP contribution is 2.43. The summed E-state index contributed by atoms with van der Waals surface area (Å²) in [7, 11) is 0. The minimum absolute atomic E-state index is 0.150. The SMILES string of the molecule is Cc1ncc(-c2ccc(OCCc3cccc(F)c3F)cn2)c(N2CCC(C)(C)CC2)c1C(OC(C)(C)C)C(=O)O. The number of carboxylic acids is 1. The summed E-state index contributed by atoms with van der Waals surface area (Å²) in [6.07, 6.45) is 4.21. The average molecular weight is 568 g/mol. The zero-order chi connectivity index (χ0) is 29.9. The molecule has 0 radical (unpaired) electrons. The highest BCUT2D eigenvalue weighted by molar-refractivity contribution is 5.85. The summed E-state index contributed by atoms with van der Waals surface area (Å²) in [5.74, 6) is -2.35. The van der Waals surface area contributed by atoms with Gasteiger partial charge in [-0.15, -0.1) is 0 Å². The van der Waals surface area contributed by atoms with Gasteiger partial charge in [0.15, 0.2) is 17.7 Å². The third kappa shape index (κ3) is 7.38. The van der Waals surface area contributed by atoms with Crippen molar-refractivity contribution < 1.29 is 28.2 Å². The Balaban J connectivity index is 1.67. The molecule has 1 aromatic carbocycles. The lowest BCUT2D eigenvalue weighted by molar-refractivity contribution is -0.160. The lowest BCUT2D eigenvalue weighted by Gasteiger charge is -2.40. The van der Waals surface area contributed by atoms with Crippen molar-refractivity contribution in [1.82, 2.24) is 9.97 Å². The van der Waals surface area contributed by atoms with Crippen molar-refractivity contribution in [2.75, 3.05) is 24.6 Å². The van der Waals surface area contributed by atoms with E-state index in [1.165, 1.54) is 12.1 Å². The van der Waals surface area contributed by atoms with Crippen molar-refractivity contribution in [3.8, 4) is 17.0 Å². The summed E-state index contributed by atoms with van der Waals surface area (Å²) < 4.78 is 39.3. The number of carboxylic acid groups (broad SMARTS) is 1. The number of carbonyl (C=O) groups is 1. The minimum Gasteiger partial charge on any atom is -0.492 e. The van der Waals surface area contributed by atoms with Crippen LogP contribution in [0.1, 0.15) is 70.4 Å². The lowest BCUT2D eigenvalue weighted by atomic mass is 9.82. The average Bonchev–Trinajstić information content (AvgIpc) is 2.90. The molecule has 1 unspecified atom stereocenters. The van der Waals surface area contributed by atoms with Gasteiger partial charge in [-0.3, -0.25) is 9.97 Å². The molecule has 0 amide bonds. The molecule has 2 aromatic heterocycles. The van der Waals surface area contributed by atoms with Crippen LogP contribution in [0.15, 0.2) is 42.7 Å². The van der Waals surface area contributed by atoms with Gasteiger partial charge in [0.1, 0.15) is 5.75 Å². The monoisotopic (exact) mass is 567 g/mol. The smallest absolute Gasteiger partial charge is 0.337 e. The van der Waals surface area contributed by atoms with E-state index in [9.17, 15) is 18.7 Å². The zero-order valence-electron chi connectivity index (χ0n) is 24.6. The summed E-state index contributed by atoms with van der Waals surface area (Å²) in [6.45, 7) is 13.5. The largest absolute Gasteiger partial charge is 0.492 e. The Morgan fingerprint density at radius 2 is 1.80 bits per heavy atom. The first kappa shape index (κ1) is 30.4. The van der Waals surface area contributed by atoms with Crippen LogP contribution in [-0.4, -0.2) is 46.3 Å². The number of halogens is 2. The number of hydrogen-bond acceptors (Lipinski definition) is 6. The van der Waals surface area contributed by atoms with Gasteiger partial charge in [0.25, 0.3) is 0 Å². The molecule has 1 aliphatic heterocycles. The van der Waals surface area contributed by atoms with Gasteiger partial charge in [-0.05, 0) is 69.7 Å². The van der Waals surface area contributed by atoms with Gasteiger partial charge in [-0.1, -0.05) is 26.0 Å². The standard InChI is InChI=1S/C32H39F2N3O4/c1-20-26(29(30(38)39)41-31(2,3)4)28(37-15-13-32(5,6)14-16-37)23(19-35-20)25-11-10-22(18-36-25)40-17-12-21-8-7-9-24(33)27(21)34/h7-11,18-19,29H,12-17H2,1-6H3,(H,38,39). The number of aromatic nitrogens is 2. The molecule has 1 saturated heterocycles. The molecular weight excluding hydrogens is 528 g/mol. The normalized spacial score (nSPS) is 16.0. The molecule has 0 saturated carbocycles. The van der Waals surface area contributed by atoms with Crippen LogP contribution in [0.3, 0.4) is 0 Å². The summed E-state index contributed by atoms with van der Waals surface area (Å²) >= 11 is 0. The summed E-state index contributed by atoms with van der Waals surface area (Å²) in [4.78, 5) is 24.0. The van der Waals surface area contributed by atoms with Gasteiger partial charge in [0.05, 0.1) is 29.8 Å². The van der Waals surface area contributed by atoms with E-state index in [-0.39, 0.29) is 24.0 Å². The molecule has 220 valence electrons. The molecule has 4 rings (SSSR count). The zero-order valence-corrected chi connectivity index (χ0v) is 24.6. The number of piperidine rings is 1. The van der Waals surface area contributed by atoms with Gasteiger partial charge in [-0.25, -0.2) is 13.6 Å². The Morgan fingerprint density at radius 1 is 1.10 bits per heavy atom. The summed E-state index contributed by atoms with van der Waals surface area (Å²) in [5, 5.41) is 10.3. The number of anilines is 1. The second-order valence-corrected chi connectivity index (χ2v) is 12.3. The van der Waals surface area contributed by atoms with E-state index >= 15 is 0 Å². The first-order chi connectivity index (χ1) is 19.3. The van der Waals surface area contributed by atoms with Crippen LogP contribution in [0.5, 0.6) is 5.75 Å². The molecule has 1 fully saturated rings. The van der Waals surface area contributed by atoms with Gasteiger partial charge < -0.3 is 19.5 Å². The van der Waals surface area contributed by atoms with Gasteiger partial charge in [0, 0.05) is 42.5 Å². The van der Waals surface area contributed by atoms with Crippen molar-refractivity contribution >= 4 is 11.7 Å². The Hall–Kier alpha value is -3.59. The molecule has 7 nitrogen and oxygen atoms in total. The maximum Gasteiger partial charge on any atom is 0.337 e. The lowest BCUT2D eigenvalue weighted by Crippen LogP contribution is -2.39. The third-order valence-electron chi connectivity index (χ3n) is 7.36. The molecule has 0 bridgehead atoms. The Bertz CT molecular complexity index is 1380. The number of aryl methyl sites for hydroxylation is 1. The number of rotatable bonds is 9. The van der Waals surface area contributed by atoms with E-state index in [0.29, 0.717) is 28.3 Å². The van der Waals surface area contributed by atoms with Crippen molar-refractivity contribution in [1.29, 1.82) is 0 Å². The van der Waals surface area contributed by atoms with Crippen LogP contribution < -0.4 is 9.64 Å². The van der Waals surface area contributed by atoms with Crippen LogP contribution in [0, 0.1) is 24.0 Å². The maximum atomic E-state index is 14.0. The van der Waals surface area contributed by atoms with Crippen LogP contribution in [0.25, 0.3) is 11.3 Å². The van der Waals surface area contributed by atoms with Crippen LogP contribution in [0.2, 0.25) is 0 Å². The first-order valence-electron chi connectivity index (χ1n) is 13.9. The van der Waals surface area contributed by atoms with E-state index in [1.807, 2.05) is 27.7 Å². The second-order valence-electron chi connectivity index (χ2n) is 12.3. The van der Waals surface area contributed by atoms with E-state index in [2.05, 4.69) is 28.7 Å². The number of ether oxygens (including phenoxy) is 2. The fourth-order valence-corrected chi connectivity index (χ4v) is 5.02. The van der Waals surface area contributed by atoms with Gasteiger partial charge >= 0.3 is 5.97 Å². The number of nitrogens with zero attached hydrogens (tertiary/aromatic N) is 3. The molecule has 0 aliphatic carbocycles. The Morgan fingerprint density at radius 3 is 2.41 bits per heavy atom. The molecule has 9 heteroatoms. The minimum atomic E-state index is -1.21. The predicted octanol–water partition coefficient (Wildman–Crippen LogP) is 6.92. The number of aliphatic carboxylic acids is 1. The summed E-state index contributed by atoms with van der Waals surface area (Å²) in [5.41, 5.74) is 2.96. The number of hydrogen-bond donors (Lipinski definition) is 1. The van der Waals surface area contributed by atoms with E-state index in [4.69, 9.17) is 9.47 Å². The van der Waals surface area contributed by atoms with Crippen molar-refractivity contribution in [3.05, 3.63) is 71.2 Å². The fourth-order valence-electron chi connectivity index (χ4n) is 5.02. The second kappa shape index (κ2) is 12.1. The molecule has 3 heterocycles. The molecule has 0 spiro atoms. The topological polar surface area (TPSA) is 84.8 Å². The summed E-state index contributed by atoms with van der Waals surface area (Å²) in [6, 6.07) is 7.64. The highest BCUT2D eigenvalue weighted by Gasteiger charge is 2.36. The van der Waals surface area contributed by atoms with E-state index in [0.717, 1.165) is 37.7 Å². The molecule has 41 heavy (non-hydrogen) atoms. The number of benzene rings is 1. The molecular formula is C32H39F2N3O4. The van der Waals surface area contributed by atoms with Crippen LogP contribution in [0.4, 0.5) is 14.5 Å². The first-order valence-corrected chi connectivity index (χ1v) is 13.9. The Kier molecular flexibility index (Phi) is 8.97. The predicted molar refractivity (Wildman–Crippen MR) is 154 cm³/mol. The van der Waals surface area contributed by atoms with Crippen molar-refractivity contribution in [3.63, 3.8) is 0 Å². The fraction of sp³-hybridized carbons (Fsp3) is 0.469. The van der Waals surface area contributed by atoms with E-state index in [1.54, 1.807) is 24.5 Å². The Labute approximate surface area is 240 Å². The van der Waals surface area contributed by atoms with Crippen molar-refractivity contribution in [2.45, 2.75) is 72.5 Å². The van der Waals surface area contributed by atoms with Crippen LogP contribution >= 0.6 is 0 Å². The maximum absolute atomic E-state index is 14.0. The third-order valence-corrected chi connectivity index (χ3v) is 7.36.